The molecule has 0 aliphatic carbocycles. The van der Waals surface area contributed by atoms with E-state index in [1.54, 1.807) is 6.26 Å². The Hall–Kier alpha value is -1.81. The lowest BCUT2D eigenvalue weighted by Crippen LogP contribution is -2.37. The summed E-state index contributed by atoms with van der Waals surface area (Å²) >= 11 is 0. The summed E-state index contributed by atoms with van der Waals surface area (Å²) in [6, 6.07) is 8.02. The SMILES string of the molecule is CC1(C)CC(NC(=O)Cc2coc3ccccc23)CN1. The van der Waals surface area contributed by atoms with Crippen molar-refractivity contribution < 1.29 is 9.21 Å². The van der Waals surface area contributed by atoms with Crippen LogP contribution >= 0.6 is 0 Å². The van der Waals surface area contributed by atoms with Crippen LogP contribution in [0.2, 0.25) is 0 Å². The van der Waals surface area contributed by atoms with Crippen molar-refractivity contribution >= 4 is 16.9 Å². The molecule has 1 saturated heterocycles. The monoisotopic (exact) mass is 272 g/mol. The molecule has 1 aromatic heterocycles. The Bertz CT molecular complexity index is 630. The summed E-state index contributed by atoms with van der Waals surface area (Å²) in [5, 5.41) is 7.52. The lowest BCUT2D eigenvalue weighted by Gasteiger charge is -2.17. The molecule has 4 heteroatoms. The molecule has 1 atom stereocenters. The van der Waals surface area contributed by atoms with Gasteiger partial charge < -0.3 is 15.1 Å². The number of nitrogens with one attached hydrogen (secondary N) is 2. The molecule has 2 N–H and O–H groups in total. The Kier molecular flexibility index (Phi) is 3.26. The summed E-state index contributed by atoms with van der Waals surface area (Å²) in [4.78, 5) is 12.1. The highest BCUT2D eigenvalue weighted by Crippen LogP contribution is 2.22. The van der Waals surface area contributed by atoms with E-state index in [1.165, 1.54) is 0 Å². The molecule has 4 nitrogen and oxygen atoms in total. The van der Waals surface area contributed by atoms with Crippen LogP contribution in [0, 0.1) is 0 Å². The third-order valence-electron chi connectivity index (χ3n) is 3.86. The first-order chi connectivity index (χ1) is 9.53. The Labute approximate surface area is 118 Å². The van der Waals surface area contributed by atoms with Crippen molar-refractivity contribution in [2.24, 2.45) is 0 Å². The lowest BCUT2D eigenvalue weighted by molar-refractivity contribution is -0.121. The Morgan fingerprint density at radius 1 is 1.45 bits per heavy atom. The van der Waals surface area contributed by atoms with Crippen LogP contribution in [0.4, 0.5) is 0 Å². The second kappa shape index (κ2) is 4.94. The smallest absolute Gasteiger partial charge is 0.224 e. The highest BCUT2D eigenvalue weighted by Gasteiger charge is 2.31. The minimum atomic E-state index is 0.0565. The van der Waals surface area contributed by atoms with Gasteiger partial charge in [0.25, 0.3) is 0 Å². The first-order valence-corrected chi connectivity index (χ1v) is 7.03. The molecule has 1 unspecified atom stereocenters. The first-order valence-electron chi connectivity index (χ1n) is 7.03. The molecule has 1 fully saturated rings. The van der Waals surface area contributed by atoms with Gasteiger partial charge in [-0.2, -0.15) is 0 Å². The number of carbonyl (C=O) groups excluding carboxylic acids is 1. The van der Waals surface area contributed by atoms with Gasteiger partial charge in [-0.15, -0.1) is 0 Å². The molecule has 1 aliphatic rings. The highest BCUT2D eigenvalue weighted by molar-refractivity contribution is 5.87. The van der Waals surface area contributed by atoms with E-state index in [0.717, 1.165) is 29.5 Å². The average Bonchev–Trinajstić information content (AvgIpc) is 2.94. The maximum atomic E-state index is 12.1. The molecule has 1 aliphatic heterocycles. The minimum absolute atomic E-state index is 0.0565. The number of benzene rings is 1. The van der Waals surface area contributed by atoms with Gasteiger partial charge in [-0.3, -0.25) is 4.79 Å². The lowest BCUT2D eigenvalue weighted by atomic mass is 10.0. The molecular weight excluding hydrogens is 252 g/mol. The zero-order valence-electron chi connectivity index (χ0n) is 11.9. The van der Waals surface area contributed by atoms with Crippen molar-refractivity contribution in [3.05, 3.63) is 36.1 Å². The molecule has 2 heterocycles. The van der Waals surface area contributed by atoms with Crippen LogP contribution in [-0.2, 0) is 11.2 Å². The summed E-state index contributed by atoms with van der Waals surface area (Å²) in [5.74, 6) is 0.0565. The second-order valence-electron chi connectivity index (χ2n) is 6.17. The van der Waals surface area contributed by atoms with E-state index in [1.807, 2.05) is 24.3 Å². The number of hydrogen-bond donors (Lipinski definition) is 2. The van der Waals surface area contributed by atoms with E-state index in [0.29, 0.717) is 6.42 Å². The quantitative estimate of drug-likeness (QED) is 0.901. The molecule has 0 spiro atoms. The minimum Gasteiger partial charge on any atom is -0.464 e. The summed E-state index contributed by atoms with van der Waals surface area (Å²) in [6.45, 7) is 5.15. The van der Waals surface area contributed by atoms with Gasteiger partial charge in [0, 0.05) is 29.1 Å². The van der Waals surface area contributed by atoms with Gasteiger partial charge in [-0.1, -0.05) is 18.2 Å². The topological polar surface area (TPSA) is 54.3 Å². The molecule has 0 bridgehead atoms. The summed E-state index contributed by atoms with van der Waals surface area (Å²) in [6.07, 6.45) is 3.01. The summed E-state index contributed by atoms with van der Waals surface area (Å²) in [5.41, 5.74) is 1.89. The van der Waals surface area contributed by atoms with Gasteiger partial charge in [0.15, 0.2) is 0 Å². The van der Waals surface area contributed by atoms with E-state index in [4.69, 9.17) is 4.42 Å². The normalized spacial score (nSPS) is 21.2. The Morgan fingerprint density at radius 2 is 2.25 bits per heavy atom. The first kappa shape index (κ1) is 13.2. The third-order valence-corrected chi connectivity index (χ3v) is 3.86. The number of furan rings is 1. The molecular formula is C16H20N2O2. The van der Waals surface area contributed by atoms with E-state index in [2.05, 4.69) is 24.5 Å². The predicted octanol–water partition coefficient (Wildman–Crippen LogP) is 2.23. The van der Waals surface area contributed by atoms with E-state index in [9.17, 15) is 4.79 Å². The average molecular weight is 272 g/mol. The van der Waals surface area contributed by atoms with Crippen molar-refractivity contribution in [3.63, 3.8) is 0 Å². The highest BCUT2D eigenvalue weighted by atomic mass is 16.3. The zero-order valence-corrected chi connectivity index (χ0v) is 11.9. The van der Waals surface area contributed by atoms with Crippen LogP contribution in [0.1, 0.15) is 25.8 Å². The maximum absolute atomic E-state index is 12.1. The number of rotatable bonds is 3. The van der Waals surface area contributed by atoms with Crippen LogP contribution in [-0.4, -0.2) is 24.0 Å². The summed E-state index contributed by atoms with van der Waals surface area (Å²) in [7, 11) is 0. The molecule has 0 radical (unpaired) electrons. The molecule has 20 heavy (non-hydrogen) atoms. The van der Waals surface area contributed by atoms with Crippen LogP contribution < -0.4 is 10.6 Å². The third kappa shape index (κ3) is 2.70. The largest absolute Gasteiger partial charge is 0.464 e. The number of fused-ring (bicyclic) bond motifs is 1. The molecule has 1 amide bonds. The molecule has 106 valence electrons. The number of hydrogen-bond acceptors (Lipinski definition) is 3. The van der Waals surface area contributed by atoms with Gasteiger partial charge in [0.05, 0.1) is 12.7 Å². The fourth-order valence-electron chi connectivity index (χ4n) is 2.88. The molecule has 3 rings (SSSR count). The van der Waals surface area contributed by atoms with Gasteiger partial charge in [0.1, 0.15) is 5.58 Å². The molecule has 0 saturated carbocycles. The van der Waals surface area contributed by atoms with Crippen molar-refractivity contribution in [1.29, 1.82) is 0 Å². The van der Waals surface area contributed by atoms with Crippen molar-refractivity contribution in [2.75, 3.05) is 6.54 Å². The van der Waals surface area contributed by atoms with E-state index < -0.39 is 0 Å². The standard InChI is InChI=1S/C16H20N2O2/c1-16(2)8-12(9-17-16)18-15(19)7-11-10-20-14-6-4-3-5-13(11)14/h3-6,10,12,17H,7-9H2,1-2H3,(H,18,19). The fourth-order valence-corrected chi connectivity index (χ4v) is 2.88. The second-order valence-corrected chi connectivity index (χ2v) is 6.17. The predicted molar refractivity (Wildman–Crippen MR) is 78.5 cm³/mol. The number of carbonyl (C=O) groups is 1. The van der Waals surface area contributed by atoms with Gasteiger partial charge in [0.2, 0.25) is 5.91 Å². The zero-order chi connectivity index (χ0) is 14.2. The van der Waals surface area contributed by atoms with Crippen LogP contribution in [0.3, 0.4) is 0 Å². The van der Waals surface area contributed by atoms with Gasteiger partial charge in [-0.05, 0) is 26.3 Å². The number of para-hydroxylation sites is 1. The summed E-state index contributed by atoms with van der Waals surface area (Å²) < 4.78 is 5.46. The van der Waals surface area contributed by atoms with E-state index >= 15 is 0 Å². The van der Waals surface area contributed by atoms with Crippen LogP contribution in [0.25, 0.3) is 11.0 Å². The molecule has 2 aromatic rings. The van der Waals surface area contributed by atoms with Crippen molar-refractivity contribution in [2.45, 2.75) is 38.3 Å². The number of amides is 1. The van der Waals surface area contributed by atoms with Gasteiger partial charge in [-0.25, -0.2) is 0 Å². The van der Waals surface area contributed by atoms with Gasteiger partial charge >= 0.3 is 0 Å². The maximum Gasteiger partial charge on any atom is 0.224 e. The van der Waals surface area contributed by atoms with Crippen LogP contribution in [0.15, 0.2) is 34.9 Å². The molecule has 1 aromatic carbocycles. The Balaban J connectivity index is 1.65. The van der Waals surface area contributed by atoms with E-state index in [-0.39, 0.29) is 17.5 Å². The van der Waals surface area contributed by atoms with Crippen LogP contribution in [0.5, 0.6) is 0 Å². The fraction of sp³-hybridized carbons (Fsp3) is 0.438. The van der Waals surface area contributed by atoms with Crippen molar-refractivity contribution in [1.82, 2.24) is 10.6 Å². The van der Waals surface area contributed by atoms with Crippen molar-refractivity contribution in [3.8, 4) is 0 Å². The Morgan fingerprint density at radius 3 is 3.00 bits per heavy atom.